The predicted octanol–water partition coefficient (Wildman–Crippen LogP) is 5.03. The van der Waals surface area contributed by atoms with Gasteiger partial charge in [0, 0.05) is 28.6 Å². The van der Waals surface area contributed by atoms with Crippen molar-refractivity contribution in [3.8, 4) is 17.2 Å². The lowest BCUT2D eigenvalue weighted by molar-refractivity contribution is -0.143. The van der Waals surface area contributed by atoms with Crippen molar-refractivity contribution < 1.29 is 27.5 Å². The molecule has 0 unspecified atom stereocenters. The van der Waals surface area contributed by atoms with Gasteiger partial charge in [0.1, 0.15) is 17.4 Å². The third-order valence-electron chi connectivity index (χ3n) is 6.89. The molecule has 0 bridgehead atoms. The molecule has 0 spiro atoms. The van der Waals surface area contributed by atoms with Gasteiger partial charge in [-0.2, -0.15) is 9.57 Å². The van der Waals surface area contributed by atoms with Crippen molar-refractivity contribution in [1.82, 2.24) is 9.62 Å². The van der Waals surface area contributed by atoms with Crippen LogP contribution in [0.25, 0.3) is 11.1 Å². The Kier molecular flexibility index (Phi) is 8.52. The standard InChI is InChI=1S/C28H24Cl2FN3O5S/c1-28(9-2-10-34(28)40(38,39)22-14-20(29)13-21(30)15-22)27(37)33-25(26(35)36)12-17-3-6-19(7-4-17)23-11-18(16-32)5-8-24(23)31/h3-8,11,13-15,25H,2,9-10,12H2,1H3,(H,33,37)(H,35,36)/t25-,28-/m0/s1. The summed E-state index contributed by atoms with van der Waals surface area (Å²) in [4.78, 5) is 25.3. The fourth-order valence-electron chi connectivity index (χ4n) is 4.74. The highest BCUT2D eigenvalue weighted by Crippen LogP contribution is 2.36. The van der Waals surface area contributed by atoms with E-state index in [0.29, 0.717) is 23.1 Å². The minimum Gasteiger partial charge on any atom is -0.480 e. The van der Waals surface area contributed by atoms with Gasteiger partial charge < -0.3 is 10.4 Å². The molecule has 3 aromatic carbocycles. The third kappa shape index (κ3) is 5.98. The van der Waals surface area contributed by atoms with Crippen molar-refractivity contribution in [1.29, 1.82) is 5.26 Å². The number of aliphatic carboxylic acids is 1. The molecular weight excluding hydrogens is 580 g/mol. The number of hydrogen-bond acceptors (Lipinski definition) is 5. The van der Waals surface area contributed by atoms with Crippen LogP contribution in [0.4, 0.5) is 4.39 Å². The van der Waals surface area contributed by atoms with E-state index in [-0.39, 0.29) is 39.9 Å². The van der Waals surface area contributed by atoms with Crippen LogP contribution in [0.5, 0.6) is 0 Å². The van der Waals surface area contributed by atoms with Gasteiger partial charge in [-0.15, -0.1) is 0 Å². The smallest absolute Gasteiger partial charge is 0.326 e. The molecule has 3 aromatic rings. The minimum atomic E-state index is -4.19. The van der Waals surface area contributed by atoms with Gasteiger partial charge in [-0.05, 0) is 67.3 Å². The van der Waals surface area contributed by atoms with Crippen molar-refractivity contribution in [2.24, 2.45) is 0 Å². The predicted molar refractivity (Wildman–Crippen MR) is 148 cm³/mol. The Morgan fingerprint density at radius 3 is 2.38 bits per heavy atom. The van der Waals surface area contributed by atoms with E-state index in [9.17, 15) is 27.5 Å². The summed E-state index contributed by atoms with van der Waals surface area (Å²) in [7, 11) is -4.19. The fraction of sp³-hybridized carbons (Fsp3) is 0.250. The van der Waals surface area contributed by atoms with E-state index in [1.165, 1.54) is 43.3 Å². The van der Waals surface area contributed by atoms with Crippen LogP contribution in [0.15, 0.2) is 65.6 Å². The molecule has 1 aliphatic rings. The van der Waals surface area contributed by atoms with Crippen molar-refractivity contribution in [2.75, 3.05) is 6.54 Å². The molecule has 2 N–H and O–H groups in total. The number of sulfonamides is 1. The van der Waals surface area contributed by atoms with E-state index in [0.717, 1.165) is 4.31 Å². The highest BCUT2D eigenvalue weighted by Gasteiger charge is 2.50. The normalized spacial score (nSPS) is 18.2. The van der Waals surface area contributed by atoms with Crippen LogP contribution in [-0.4, -0.2) is 47.8 Å². The molecule has 8 nitrogen and oxygen atoms in total. The maximum atomic E-state index is 14.3. The Bertz CT molecular complexity index is 1610. The van der Waals surface area contributed by atoms with E-state index in [2.05, 4.69) is 5.32 Å². The number of hydrogen-bond donors (Lipinski definition) is 2. The molecule has 12 heteroatoms. The summed E-state index contributed by atoms with van der Waals surface area (Å²) >= 11 is 12.0. The average molecular weight is 604 g/mol. The van der Waals surface area contributed by atoms with Crippen LogP contribution in [0.1, 0.15) is 30.9 Å². The number of rotatable bonds is 8. The number of benzene rings is 3. The molecule has 0 aromatic heterocycles. The van der Waals surface area contributed by atoms with E-state index < -0.39 is 39.3 Å². The number of carboxylic acids is 1. The number of carbonyl (C=O) groups is 2. The number of nitriles is 1. The van der Waals surface area contributed by atoms with Crippen molar-refractivity contribution in [3.05, 3.63) is 87.7 Å². The summed E-state index contributed by atoms with van der Waals surface area (Å²) in [5, 5.41) is 21.7. The summed E-state index contributed by atoms with van der Waals surface area (Å²) in [5.41, 5.74) is 0.0147. The Labute approximate surface area is 241 Å². The van der Waals surface area contributed by atoms with Crippen molar-refractivity contribution >= 4 is 45.1 Å². The van der Waals surface area contributed by atoms with Gasteiger partial charge in [0.15, 0.2) is 0 Å². The maximum Gasteiger partial charge on any atom is 0.326 e. The van der Waals surface area contributed by atoms with Gasteiger partial charge in [0.2, 0.25) is 15.9 Å². The first kappa shape index (κ1) is 29.5. The van der Waals surface area contributed by atoms with Crippen LogP contribution < -0.4 is 5.32 Å². The van der Waals surface area contributed by atoms with Crippen LogP contribution in [0, 0.1) is 17.1 Å². The Hall–Kier alpha value is -3.49. The molecule has 0 saturated carbocycles. The lowest BCUT2D eigenvalue weighted by atomic mass is 9.96. The van der Waals surface area contributed by atoms with Crippen LogP contribution in [0.2, 0.25) is 10.0 Å². The van der Waals surface area contributed by atoms with Crippen LogP contribution >= 0.6 is 23.2 Å². The number of carboxylic acid groups (broad SMARTS) is 1. The zero-order chi connectivity index (χ0) is 29.2. The van der Waals surface area contributed by atoms with Gasteiger partial charge in [0.25, 0.3) is 0 Å². The van der Waals surface area contributed by atoms with Gasteiger partial charge >= 0.3 is 5.97 Å². The lowest BCUT2D eigenvalue weighted by Gasteiger charge is -2.34. The number of nitrogens with zero attached hydrogens (tertiary/aromatic N) is 2. The number of nitrogens with one attached hydrogen (secondary N) is 1. The number of amides is 1. The zero-order valence-corrected chi connectivity index (χ0v) is 23.5. The summed E-state index contributed by atoms with van der Waals surface area (Å²) in [6.07, 6.45) is 0.468. The highest BCUT2D eigenvalue weighted by atomic mass is 35.5. The first-order valence-corrected chi connectivity index (χ1v) is 14.4. The lowest BCUT2D eigenvalue weighted by Crippen LogP contribution is -2.58. The fourth-order valence-corrected chi connectivity index (χ4v) is 7.28. The van der Waals surface area contributed by atoms with E-state index in [1.807, 2.05) is 6.07 Å². The summed E-state index contributed by atoms with van der Waals surface area (Å²) in [5.74, 6) is -2.56. The second-order valence-electron chi connectivity index (χ2n) is 9.63. The molecule has 2 atom stereocenters. The Morgan fingerprint density at radius 2 is 1.77 bits per heavy atom. The van der Waals surface area contributed by atoms with E-state index >= 15 is 0 Å². The molecule has 208 valence electrons. The van der Waals surface area contributed by atoms with Gasteiger partial charge in [0.05, 0.1) is 16.5 Å². The molecule has 1 fully saturated rings. The van der Waals surface area contributed by atoms with E-state index in [4.69, 9.17) is 28.5 Å². The van der Waals surface area contributed by atoms with Crippen LogP contribution in [0.3, 0.4) is 0 Å². The third-order valence-corrected chi connectivity index (χ3v) is 9.33. The zero-order valence-electron chi connectivity index (χ0n) is 21.2. The molecule has 1 heterocycles. The van der Waals surface area contributed by atoms with Crippen molar-refractivity contribution in [2.45, 2.75) is 42.7 Å². The van der Waals surface area contributed by atoms with Crippen LogP contribution in [-0.2, 0) is 26.0 Å². The van der Waals surface area contributed by atoms with Crippen molar-refractivity contribution in [3.63, 3.8) is 0 Å². The average Bonchev–Trinajstić information content (AvgIpc) is 3.32. The number of carbonyl (C=O) groups excluding carboxylic acids is 1. The van der Waals surface area contributed by atoms with Gasteiger partial charge in [-0.25, -0.2) is 17.6 Å². The SMILES string of the molecule is C[C@@]1(C(=O)N[C@@H](Cc2ccc(-c3cc(C#N)ccc3F)cc2)C(=O)O)CCCN1S(=O)(=O)c1cc(Cl)cc(Cl)c1. The van der Waals surface area contributed by atoms with Gasteiger partial charge in [-0.1, -0.05) is 47.5 Å². The second-order valence-corrected chi connectivity index (χ2v) is 12.4. The second kappa shape index (κ2) is 11.6. The molecule has 4 rings (SSSR count). The summed E-state index contributed by atoms with van der Waals surface area (Å²) < 4.78 is 42.3. The summed E-state index contributed by atoms with van der Waals surface area (Å²) in [6, 6.07) is 14.9. The molecule has 0 radical (unpaired) electrons. The summed E-state index contributed by atoms with van der Waals surface area (Å²) in [6.45, 7) is 1.51. The Morgan fingerprint density at radius 1 is 1.12 bits per heavy atom. The molecule has 40 heavy (non-hydrogen) atoms. The topological polar surface area (TPSA) is 128 Å². The monoisotopic (exact) mass is 603 g/mol. The molecule has 1 saturated heterocycles. The Balaban J connectivity index is 1.54. The van der Waals surface area contributed by atoms with Gasteiger partial charge in [-0.3, -0.25) is 4.79 Å². The first-order chi connectivity index (χ1) is 18.8. The largest absolute Gasteiger partial charge is 0.480 e. The molecule has 1 amide bonds. The number of halogens is 3. The maximum absolute atomic E-state index is 14.3. The minimum absolute atomic E-state index is 0.0547. The molecule has 0 aliphatic carbocycles. The molecular formula is C28H24Cl2FN3O5S. The quantitative estimate of drug-likeness (QED) is 0.372. The highest BCUT2D eigenvalue weighted by molar-refractivity contribution is 7.89. The first-order valence-electron chi connectivity index (χ1n) is 12.2. The molecule has 1 aliphatic heterocycles. The van der Waals surface area contributed by atoms with E-state index in [1.54, 1.807) is 24.3 Å².